The molecule has 3 aromatic rings. The Hall–Kier alpha value is -1.28. The van der Waals surface area contributed by atoms with Crippen LogP contribution < -0.4 is 31.1 Å². The molecule has 3 aromatic carbocycles. The maximum Gasteiger partial charge on any atom is 4.00 e. The van der Waals surface area contributed by atoms with Crippen LogP contribution in [0.25, 0.3) is 0 Å². The Balaban J connectivity index is 0.00000529. The summed E-state index contributed by atoms with van der Waals surface area (Å²) in [4.78, 5) is 0. The van der Waals surface area contributed by atoms with Crippen LogP contribution in [-0.4, -0.2) is 32.3 Å². The molecule has 0 amide bonds. The van der Waals surface area contributed by atoms with Gasteiger partial charge >= 0.3 is 21.7 Å². The minimum Gasteiger partial charge on any atom is -0.358 e. The molecular formula is C42H66Si4Ti. The second-order valence-electron chi connectivity index (χ2n) is 16.9. The molecule has 0 saturated carbocycles. The van der Waals surface area contributed by atoms with E-state index < -0.39 is 32.3 Å². The van der Waals surface area contributed by atoms with Crippen molar-refractivity contribution >= 4 is 63.4 Å². The summed E-state index contributed by atoms with van der Waals surface area (Å²) in [7, 11) is -7.58. The quantitative estimate of drug-likeness (QED) is 0.130. The smallest absolute Gasteiger partial charge is 0.358 e. The molecule has 1 unspecified atom stereocenters. The minimum atomic E-state index is -2.81. The fourth-order valence-corrected chi connectivity index (χ4v) is 17.7. The summed E-state index contributed by atoms with van der Waals surface area (Å²) in [6.07, 6.45) is 4.24. The van der Waals surface area contributed by atoms with Gasteiger partial charge in [-0.1, -0.05) is 172 Å². The molecule has 0 heterocycles. The number of benzene rings is 3. The maximum atomic E-state index is 4.24. The average molecular weight is 731 g/mol. The number of allylic oxidation sites excluding steroid dienone is 4. The Bertz CT molecular complexity index is 1490. The first-order valence-electron chi connectivity index (χ1n) is 16.2. The Labute approximate surface area is 311 Å². The molecule has 254 valence electrons. The van der Waals surface area contributed by atoms with E-state index in [1.807, 2.05) is 0 Å². The van der Waals surface area contributed by atoms with Gasteiger partial charge in [0.1, 0.15) is 8.07 Å². The number of rotatable bonds is 7. The van der Waals surface area contributed by atoms with E-state index in [2.05, 4.69) is 168 Å². The van der Waals surface area contributed by atoms with Crippen LogP contribution in [0.5, 0.6) is 0 Å². The van der Waals surface area contributed by atoms with Crippen LogP contribution in [0.3, 0.4) is 0 Å². The van der Waals surface area contributed by atoms with Crippen molar-refractivity contribution in [1.82, 2.24) is 0 Å². The van der Waals surface area contributed by atoms with Crippen LogP contribution in [0.1, 0.15) is 44.4 Å². The van der Waals surface area contributed by atoms with Crippen molar-refractivity contribution in [1.29, 1.82) is 0 Å². The van der Waals surface area contributed by atoms with Crippen molar-refractivity contribution in [2.45, 2.75) is 112 Å². The first-order valence-corrected chi connectivity index (χ1v) is 28.7. The normalized spacial score (nSPS) is 16.8. The van der Waals surface area contributed by atoms with Crippen molar-refractivity contribution in [2.24, 2.45) is 0 Å². The van der Waals surface area contributed by atoms with E-state index >= 15 is 0 Å². The third kappa shape index (κ3) is 8.38. The number of hydrogen-bond donors (Lipinski definition) is 0. The van der Waals surface area contributed by atoms with Gasteiger partial charge in [-0.05, 0) is 36.3 Å². The molecule has 0 radical (unpaired) electrons. The molecule has 0 N–H and O–H groups in total. The minimum absolute atomic E-state index is 0. The Morgan fingerprint density at radius 2 is 0.702 bits per heavy atom. The van der Waals surface area contributed by atoms with E-state index in [1.54, 1.807) is 31.1 Å². The number of hydrogen-bond acceptors (Lipinski definition) is 0. The van der Waals surface area contributed by atoms with Gasteiger partial charge in [-0.25, -0.2) is 5.57 Å². The van der Waals surface area contributed by atoms with Gasteiger partial charge in [-0.2, -0.15) is 11.1 Å². The Kier molecular flexibility index (Phi) is 14.9. The van der Waals surface area contributed by atoms with Crippen LogP contribution in [-0.2, 0) is 21.7 Å². The monoisotopic (exact) mass is 730 g/mol. The molecule has 0 aliphatic heterocycles. The summed E-state index contributed by atoms with van der Waals surface area (Å²) in [6, 6.07) is 23.2. The van der Waals surface area contributed by atoms with Crippen molar-refractivity contribution in [3.05, 3.63) is 116 Å². The topological polar surface area (TPSA) is 0 Å². The van der Waals surface area contributed by atoms with Gasteiger partial charge in [-0.3, -0.25) is 6.08 Å². The Morgan fingerprint density at radius 3 is 0.915 bits per heavy atom. The predicted octanol–water partition coefficient (Wildman–Crippen LogP) is 8.93. The first kappa shape index (κ1) is 45.7. The van der Waals surface area contributed by atoms with Gasteiger partial charge in [0.15, 0.2) is 0 Å². The van der Waals surface area contributed by atoms with E-state index in [1.165, 1.54) is 33.4 Å². The van der Waals surface area contributed by atoms with Crippen LogP contribution in [0.15, 0.2) is 71.3 Å². The third-order valence-electron chi connectivity index (χ3n) is 10.2. The summed E-state index contributed by atoms with van der Waals surface area (Å²) < 4.78 is 0. The SMILES string of the molecule is CC1=[C-]C(C)([Si](c2cc(C)cc([Si](C)(C)C)c2)(c2cc(C)cc([Si](C)(C)C)c2)c2cc(C)cc([Si](C)(C)C)c2)C(C)=C1C.[CH3-].[CH3-].[CH3-].[Ti+4]. The van der Waals surface area contributed by atoms with Gasteiger partial charge < -0.3 is 22.3 Å². The average Bonchev–Trinajstić information content (AvgIpc) is 3.05. The molecular weight excluding hydrogens is 665 g/mol. The van der Waals surface area contributed by atoms with E-state index in [0.717, 1.165) is 0 Å². The van der Waals surface area contributed by atoms with Crippen molar-refractivity contribution in [2.75, 3.05) is 0 Å². The van der Waals surface area contributed by atoms with E-state index in [-0.39, 0.29) is 49.0 Å². The van der Waals surface area contributed by atoms with E-state index in [4.69, 9.17) is 0 Å². The van der Waals surface area contributed by atoms with Crippen molar-refractivity contribution in [3.63, 3.8) is 0 Å². The van der Waals surface area contributed by atoms with E-state index in [0.29, 0.717) is 0 Å². The van der Waals surface area contributed by atoms with Crippen LogP contribution in [0.4, 0.5) is 0 Å². The molecule has 1 aliphatic carbocycles. The molecule has 0 aromatic heterocycles. The largest absolute Gasteiger partial charge is 4.00 e. The van der Waals surface area contributed by atoms with Crippen LogP contribution in [0, 0.1) is 49.1 Å². The van der Waals surface area contributed by atoms with Gasteiger partial charge in [0.25, 0.3) is 0 Å². The molecule has 1 aliphatic rings. The van der Waals surface area contributed by atoms with Crippen molar-refractivity contribution < 1.29 is 21.7 Å². The molecule has 0 spiro atoms. The van der Waals surface area contributed by atoms with Crippen LogP contribution in [0.2, 0.25) is 64.0 Å². The maximum absolute atomic E-state index is 4.24. The van der Waals surface area contributed by atoms with E-state index in [9.17, 15) is 0 Å². The zero-order chi connectivity index (χ0) is 32.5. The number of aryl methyl sites for hydroxylation is 3. The van der Waals surface area contributed by atoms with Crippen LogP contribution >= 0.6 is 0 Å². The summed E-state index contributed by atoms with van der Waals surface area (Å²) in [5, 5.41) is 9.15. The Morgan fingerprint density at radius 1 is 0.447 bits per heavy atom. The van der Waals surface area contributed by atoms with Gasteiger partial charge in [0, 0.05) is 0 Å². The molecule has 1 atom stereocenters. The molecule has 0 fully saturated rings. The zero-order valence-electron chi connectivity index (χ0n) is 33.7. The first-order chi connectivity index (χ1) is 19.5. The predicted molar refractivity (Wildman–Crippen MR) is 226 cm³/mol. The van der Waals surface area contributed by atoms with Gasteiger partial charge in [0.05, 0.1) is 24.2 Å². The fourth-order valence-electron chi connectivity index (χ4n) is 7.26. The molecule has 5 heteroatoms. The van der Waals surface area contributed by atoms with Gasteiger partial charge in [0.2, 0.25) is 0 Å². The molecule has 47 heavy (non-hydrogen) atoms. The summed E-state index contributed by atoms with van der Waals surface area (Å²) in [5.41, 5.74) is 8.43. The summed E-state index contributed by atoms with van der Waals surface area (Å²) in [6.45, 7) is 39.1. The van der Waals surface area contributed by atoms with Gasteiger partial charge in [-0.15, -0.1) is 6.92 Å². The molecule has 0 bridgehead atoms. The molecule has 0 nitrogen and oxygen atoms in total. The molecule has 4 rings (SSSR count). The fraction of sp³-hybridized carbons (Fsp3) is 0.405. The molecule has 0 saturated heterocycles. The van der Waals surface area contributed by atoms with Crippen molar-refractivity contribution in [3.8, 4) is 0 Å². The second kappa shape index (κ2) is 15.3. The second-order valence-corrected chi connectivity index (χ2v) is 36.4. The standard InChI is InChI=1S/C39H57Si4.3CH3.Ti/c1-27-17-33(40(8,9)10)23-36(20-27)43(39(7)26-30(4)31(5)32(39)6,37-21-28(2)18-34(24-37)41(11,12)13)38-22-29(3)19-35(25-38)42(14,15)16;;;;/h17-25H,1-16H3;3*1H3;/q4*-1;+4. The summed E-state index contributed by atoms with van der Waals surface area (Å²) >= 11 is 0. The third-order valence-corrected chi connectivity index (χ3v) is 21.7. The zero-order valence-corrected chi connectivity index (χ0v) is 39.3. The summed E-state index contributed by atoms with van der Waals surface area (Å²) in [5.74, 6) is 0.